The molecule has 0 bridgehead atoms. The molecule has 1 aliphatic rings. The van der Waals surface area contributed by atoms with Gasteiger partial charge in [0.15, 0.2) is 17.0 Å². The van der Waals surface area contributed by atoms with E-state index in [9.17, 15) is 5.11 Å². The molecule has 1 aliphatic heterocycles. The third kappa shape index (κ3) is 2.65. The molecule has 3 aromatic heterocycles. The minimum atomic E-state index is -0.0439. The predicted octanol–water partition coefficient (Wildman–Crippen LogP) is 0.606. The summed E-state index contributed by atoms with van der Waals surface area (Å²) in [5.74, 6) is 0.775. The molecule has 3 aromatic rings. The number of hydrogen-bond acceptors (Lipinski definition) is 9. The second kappa shape index (κ2) is 5.85. The van der Waals surface area contributed by atoms with Crippen molar-refractivity contribution in [1.82, 2.24) is 24.9 Å². The van der Waals surface area contributed by atoms with Gasteiger partial charge in [0.2, 0.25) is 11.8 Å². The first-order valence-electron chi connectivity index (χ1n) is 7.49. The second-order valence-electron chi connectivity index (χ2n) is 5.34. The molecule has 0 radical (unpaired) electrons. The molecule has 0 aliphatic carbocycles. The zero-order valence-electron chi connectivity index (χ0n) is 12.8. The maximum absolute atomic E-state index is 9.32. The Morgan fingerprint density at radius 1 is 1.04 bits per heavy atom. The molecule has 0 amide bonds. The van der Waals surface area contributed by atoms with E-state index in [1.807, 2.05) is 0 Å². The molecule has 0 aromatic carbocycles. The number of nitrogen functional groups attached to an aromatic ring is 1. The summed E-state index contributed by atoms with van der Waals surface area (Å²) in [5, 5.41) is 9.32. The van der Waals surface area contributed by atoms with Gasteiger partial charge in [0.25, 0.3) is 0 Å². The molecule has 9 nitrogen and oxygen atoms in total. The minimum Gasteiger partial charge on any atom is -0.493 e. The molecule has 24 heavy (non-hydrogen) atoms. The van der Waals surface area contributed by atoms with Crippen LogP contribution in [0, 0.1) is 0 Å². The van der Waals surface area contributed by atoms with E-state index in [-0.39, 0.29) is 11.8 Å². The average molecular weight is 325 g/mol. The third-order valence-electron chi connectivity index (χ3n) is 3.76. The van der Waals surface area contributed by atoms with Crippen molar-refractivity contribution < 1.29 is 9.84 Å². The number of rotatable bonds is 2. The Balaban J connectivity index is 1.85. The average Bonchev–Trinajstić information content (AvgIpc) is 2.62. The summed E-state index contributed by atoms with van der Waals surface area (Å²) < 4.78 is 5.38. The van der Waals surface area contributed by atoms with Gasteiger partial charge in [-0.1, -0.05) is 0 Å². The van der Waals surface area contributed by atoms with Crippen molar-refractivity contribution in [2.75, 3.05) is 36.9 Å². The molecule has 0 unspecified atom stereocenters. The normalized spacial score (nSPS) is 14.9. The first kappa shape index (κ1) is 14.5. The standard InChI is InChI=1S/C15H15N7O2/c16-15-20-13-12(14(21-15)22-3-5-24-6-4-22)19-10(8-18-13)9-1-2-11(23)17-7-9/h1-2,7-8H,3-6H2,(H,17,23)(H2,16,18,20,21). The number of ether oxygens (including phenoxy) is 1. The van der Waals surface area contributed by atoms with Crippen LogP contribution >= 0.6 is 0 Å². The molecule has 3 N–H and O–H groups in total. The number of aromatic hydroxyl groups is 1. The van der Waals surface area contributed by atoms with Crippen LogP contribution in [0.25, 0.3) is 22.4 Å². The second-order valence-corrected chi connectivity index (χ2v) is 5.34. The van der Waals surface area contributed by atoms with Crippen LogP contribution in [-0.2, 0) is 4.74 Å². The van der Waals surface area contributed by atoms with Gasteiger partial charge in [-0.05, 0) is 6.07 Å². The maximum Gasteiger partial charge on any atom is 0.224 e. The molecular weight excluding hydrogens is 310 g/mol. The minimum absolute atomic E-state index is 0.0439. The van der Waals surface area contributed by atoms with E-state index in [2.05, 4.69) is 29.8 Å². The fourth-order valence-electron chi connectivity index (χ4n) is 2.58. The van der Waals surface area contributed by atoms with Crippen molar-refractivity contribution in [2.24, 2.45) is 0 Å². The van der Waals surface area contributed by atoms with Crippen LogP contribution in [0.4, 0.5) is 11.8 Å². The Bertz CT molecular complexity index is 879. The Kier molecular flexibility index (Phi) is 3.54. The van der Waals surface area contributed by atoms with Gasteiger partial charge in [0.1, 0.15) is 0 Å². The van der Waals surface area contributed by atoms with Crippen LogP contribution in [0.1, 0.15) is 0 Å². The van der Waals surface area contributed by atoms with Crippen LogP contribution in [0.15, 0.2) is 24.5 Å². The fraction of sp³-hybridized carbons (Fsp3) is 0.267. The molecule has 122 valence electrons. The van der Waals surface area contributed by atoms with Gasteiger partial charge in [0.05, 0.1) is 25.1 Å². The third-order valence-corrected chi connectivity index (χ3v) is 3.76. The van der Waals surface area contributed by atoms with Gasteiger partial charge in [-0.3, -0.25) is 0 Å². The van der Waals surface area contributed by atoms with Gasteiger partial charge in [-0.2, -0.15) is 9.97 Å². The Morgan fingerprint density at radius 3 is 2.62 bits per heavy atom. The number of pyridine rings is 1. The molecule has 1 fully saturated rings. The SMILES string of the molecule is Nc1nc(N2CCOCC2)c2nc(-c3ccc(O)nc3)cnc2n1. The lowest BCUT2D eigenvalue weighted by Crippen LogP contribution is -2.37. The Labute approximate surface area is 137 Å². The Morgan fingerprint density at radius 2 is 1.88 bits per heavy atom. The molecular formula is C15H15N7O2. The number of hydrogen-bond donors (Lipinski definition) is 2. The fourth-order valence-corrected chi connectivity index (χ4v) is 2.58. The van der Waals surface area contributed by atoms with Crippen molar-refractivity contribution in [3.05, 3.63) is 24.5 Å². The molecule has 9 heteroatoms. The quantitative estimate of drug-likeness (QED) is 0.697. The number of morpholine rings is 1. The van der Waals surface area contributed by atoms with Crippen molar-refractivity contribution >= 4 is 22.9 Å². The maximum atomic E-state index is 9.32. The zero-order chi connectivity index (χ0) is 16.5. The summed E-state index contributed by atoms with van der Waals surface area (Å²) in [4.78, 5) is 23.4. The summed E-state index contributed by atoms with van der Waals surface area (Å²) in [6.07, 6.45) is 3.14. The number of nitrogens with zero attached hydrogens (tertiary/aromatic N) is 6. The first-order chi connectivity index (χ1) is 11.7. The molecule has 0 saturated carbocycles. The molecule has 0 spiro atoms. The summed E-state index contributed by atoms with van der Waals surface area (Å²) in [7, 11) is 0. The van der Waals surface area contributed by atoms with Gasteiger partial charge < -0.3 is 20.5 Å². The number of anilines is 2. The van der Waals surface area contributed by atoms with Gasteiger partial charge >= 0.3 is 0 Å². The highest BCUT2D eigenvalue weighted by Gasteiger charge is 2.19. The molecule has 4 rings (SSSR count). The topological polar surface area (TPSA) is 123 Å². The number of aromatic nitrogens is 5. The predicted molar refractivity (Wildman–Crippen MR) is 87.5 cm³/mol. The highest BCUT2D eigenvalue weighted by molar-refractivity contribution is 5.85. The lowest BCUT2D eigenvalue weighted by Gasteiger charge is -2.28. The van der Waals surface area contributed by atoms with Crippen LogP contribution in [0.3, 0.4) is 0 Å². The number of nitrogens with two attached hydrogens (primary N) is 1. The molecule has 4 heterocycles. The summed E-state index contributed by atoms with van der Waals surface area (Å²) in [5.41, 5.74) is 8.20. The zero-order valence-corrected chi connectivity index (χ0v) is 12.8. The van der Waals surface area contributed by atoms with Crippen molar-refractivity contribution in [2.45, 2.75) is 0 Å². The summed E-state index contributed by atoms with van der Waals surface area (Å²) in [6.45, 7) is 2.66. The summed E-state index contributed by atoms with van der Waals surface area (Å²) in [6, 6.07) is 3.23. The van der Waals surface area contributed by atoms with E-state index in [4.69, 9.17) is 10.5 Å². The highest BCUT2D eigenvalue weighted by Crippen LogP contribution is 2.26. The number of fused-ring (bicyclic) bond motifs is 1. The lowest BCUT2D eigenvalue weighted by atomic mass is 10.2. The van der Waals surface area contributed by atoms with Gasteiger partial charge in [0, 0.05) is 30.9 Å². The van der Waals surface area contributed by atoms with E-state index < -0.39 is 0 Å². The lowest BCUT2D eigenvalue weighted by molar-refractivity contribution is 0.122. The van der Waals surface area contributed by atoms with E-state index in [1.54, 1.807) is 12.3 Å². The van der Waals surface area contributed by atoms with E-state index in [0.717, 1.165) is 5.56 Å². The Hall–Kier alpha value is -3.07. The van der Waals surface area contributed by atoms with Crippen LogP contribution in [0.2, 0.25) is 0 Å². The van der Waals surface area contributed by atoms with Gasteiger partial charge in [-0.15, -0.1) is 0 Å². The first-order valence-corrected chi connectivity index (χ1v) is 7.49. The largest absolute Gasteiger partial charge is 0.493 e. The smallest absolute Gasteiger partial charge is 0.224 e. The van der Waals surface area contributed by atoms with Crippen molar-refractivity contribution in [3.63, 3.8) is 0 Å². The molecule has 0 atom stereocenters. The highest BCUT2D eigenvalue weighted by atomic mass is 16.5. The van der Waals surface area contributed by atoms with E-state index >= 15 is 0 Å². The molecule has 1 saturated heterocycles. The monoisotopic (exact) mass is 325 g/mol. The van der Waals surface area contributed by atoms with E-state index in [1.165, 1.54) is 12.3 Å². The van der Waals surface area contributed by atoms with Gasteiger partial charge in [-0.25, -0.2) is 15.0 Å². The summed E-state index contributed by atoms with van der Waals surface area (Å²) >= 11 is 0. The van der Waals surface area contributed by atoms with Crippen molar-refractivity contribution in [3.8, 4) is 17.1 Å². The van der Waals surface area contributed by atoms with Crippen molar-refractivity contribution in [1.29, 1.82) is 0 Å². The van der Waals surface area contributed by atoms with E-state index in [0.29, 0.717) is 49.0 Å². The van der Waals surface area contributed by atoms with Crippen LogP contribution in [-0.4, -0.2) is 56.3 Å². The van der Waals surface area contributed by atoms with Crippen LogP contribution in [0.5, 0.6) is 5.88 Å². The van der Waals surface area contributed by atoms with Crippen LogP contribution < -0.4 is 10.6 Å².